The largest absolute Gasteiger partial charge is 0.444 e. The van der Waals surface area contributed by atoms with Gasteiger partial charge in [0, 0.05) is 18.2 Å². The van der Waals surface area contributed by atoms with Crippen LogP contribution in [-0.4, -0.2) is 57.1 Å². The predicted octanol–water partition coefficient (Wildman–Crippen LogP) is -0.477. The predicted molar refractivity (Wildman–Crippen MR) is 102 cm³/mol. The molecule has 11 heteroatoms. The van der Waals surface area contributed by atoms with Gasteiger partial charge in [-0.25, -0.2) is 9.59 Å². The van der Waals surface area contributed by atoms with E-state index in [-0.39, 0.29) is 13.0 Å². The molecule has 1 fully saturated rings. The summed E-state index contributed by atoms with van der Waals surface area (Å²) in [6.07, 6.45) is -0.681. The molecule has 2 heterocycles. The number of nitrogens with one attached hydrogen (secondary N) is 3. The van der Waals surface area contributed by atoms with E-state index in [2.05, 4.69) is 15.6 Å². The molecule has 0 aromatic carbocycles. The Morgan fingerprint density at radius 1 is 1.41 bits per heavy atom. The summed E-state index contributed by atoms with van der Waals surface area (Å²) in [4.78, 5) is 50.0. The van der Waals surface area contributed by atoms with E-state index in [1.165, 1.54) is 17.7 Å². The van der Waals surface area contributed by atoms with Crippen molar-refractivity contribution in [3.05, 3.63) is 32.6 Å². The number of carbonyl (C=O) groups is 2. The van der Waals surface area contributed by atoms with Crippen LogP contribution < -0.4 is 21.9 Å². The Labute approximate surface area is 167 Å². The van der Waals surface area contributed by atoms with Gasteiger partial charge in [0.2, 0.25) is 5.91 Å². The molecule has 1 aromatic rings. The summed E-state index contributed by atoms with van der Waals surface area (Å²) < 4.78 is 12.0. The zero-order valence-corrected chi connectivity index (χ0v) is 17.1. The number of rotatable bonds is 5. The Morgan fingerprint density at radius 3 is 2.66 bits per heavy atom. The molecule has 0 aliphatic carbocycles. The fourth-order valence-electron chi connectivity index (χ4n) is 2.88. The molecule has 0 saturated carbocycles. The molecule has 1 aliphatic heterocycles. The minimum atomic E-state index is -0.888. The maximum atomic E-state index is 12.4. The molecule has 0 radical (unpaired) electrons. The highest BCUT2D eigenvalue weighted by Gasteiger charge is 2.38. The first kappa shape index (κ1) is 22.6. The van der Waals surface area contributed by atoms with Crippen LogP contribution >= 0.6 is 0 Å². The van der Waals surface area contributed by atoms with Crippen molar-refractivity contribution < 1.29 is 24.2 Å². The number of H-pyrrole nitrogens is 1. The van der Waals surface area contributed by atoms with Crippen molar-refractivity contribution in [1.82, 2.24) is 20.2 Å². The number of carbonyl (C=O) groups excluding carboxylic acids is 2. The van der Waals surface area contributed by atoms with Gasteiger partial charge in [0.1, 0.15) is 24.0 Å². The summed E-state index contributed by atoms with van der Waals surface area (Å²) in [6, 6.07) is -1.49. The summed E-state index contributed by atoms with van der Waals surface area (Å²) in [6.45, 7) is 7.79. The van der Waals surface area contributed by atoms with Crippen LogP contribution in [0.15, 0.2) is 15.8 Å². The fourth-order valence-corrected chi connectivity index (χ4v) is 2.88. The third kappa shape index (κ3) is 5.91. The second-order valence-electron chi connectivity index (χ2n) is 8.01. The Hall–Kier alpha value is -2.66. The van der Waals surface area contributed by atoms with Crippen LogP contribution in [0, 0.1) is 6.92 Å². The van der Waals surface area contributed by atoms with Crippen molar-refractivity contribution in [3.63, 3.8) is 0 Å². The van der Waals surface area contributed by atoms with Crippen LogP contribution in [0.4, 0.5) is 4.79 Å². The minimum absolute atomic E-state index is 0.196. The average molecular weight is 412 g/mol. The first-order valence-corrected chi connectivity index (χ1v) is 9.29. The number of aryl methyl sites for hydroxylation is 1. The molecule has 29 heavy (non-hydrogen) atoms. The second-order valence-corrected chi connectivity index (χ2v) is 8.01. The van der Waals surface area contributed by atoms with Crippen LogP contribution in [-0.2, 0) is 14.3 Å². The number of hydrogen-bond donors (Lipinski definition) is 4. The van der Waals surface area contributed by atoms with Gasteiger partial charge in [0.05, 0.1) is 12.6 Å². The zero-order chi connectivity index (χ0) is 21.9. The Morgan fingerprint density at radius 2 is 2.07 bits per heavy atom. The maximum absolute atomic E-state index is 12.4. The number of aromatic nitrogens is 2. The number of aliphatic hydroxyl groups excluding tert-OH is 1. The summed E-state index contributed by atoms with van der Waals surface area (Å²) in [5.41, 5.74) is -1.50. The van der Waals surface area contributed by atoms with Gasteiger partial charge in [-0.05, 0) is 34.6 Å². The van der Waals surface area contributed by atoms with Gasteiger partial charge in [0.25, 0.3) is 5.56 Å². The smallest absolute Gasteiger partial charge is 0.408 e. The molecule has 1 saturated heterocycles. The van der Waals surface area contributed by atoms with Gasteiger partial charge in [-0.15, -0.1) is 0 Å². The normalized spacial score (nSPS) is 22.8. The lowest BCUT2D eigenvalue weighted by Gasteiger charge is -2.23. The summed E-state index contributed by atoms with van der Waals surface area (Å²) in [5.74, 6) is -0.492. The topological polar surface area (TPSA) is 152 Å². The molecule has 4 N–H and O–H groups in total. The fraction of sp³-hybridized carbons (Fsp3) is 0.667. The SMILES string of the molecule is Cc1cn([C@H]2C[C@H](NC(=O)[C@H](C)NC(=O)OC(C)(C)C)[C@@H](CO)O2)c(=O)[nH]c1=O. The monoisotopic (exact) mass is 412 g/mol. The van der Waals surface area contributed by atoms with E-state index >= 15 is 0 Å². The average Bonchev–Trinajstić information content (AvgIpc) is 2.98. The van der Waals surface area contributed by atoms with Gasteiger partial charge in [-0.2, -0.15) is 0 Å². The maximum Gasteiger partial charge on any atom is 0.408 e. The highest BCUT2D eigenvalue weighted by molar-refractivity contribution is 5.85. The van der Waals surface area contributed by atoms with Crippen molar-refractivity contribution in [2.45, 2.75) is 71.1 Å². The molecule has 4 atom stereocenters. The molecule has 0 spiro atoms. The van der Waals surface area contributed by atoms with Gasteiger partial charge in [0.15, 0.2) is 0 Å². The van der Waals surface area contributed by atoms with Gasteiger partial charge in [-0.1, -0.05) is 0 Å². The molecule has 1 aromatic heterocycles. The van der Waals surface area contributed by atoms with Crippen molar-refractivity contribution in [3.8, 4) is 0 Å². The third-order valence-corrected chi connectivity index (χ3v) is 4.33. The van der Waals surface area contributed by atoms with Crippen molar-refractivity contribution in [2.24, 2.45) is 0 Å². The van der Waals surface area contributed by atoms with Crippen molar-refractivity contribution in [1.29, 1.82) is 0 Å². The Balaban J connectivity index is 2.04. The van der Waals surface area contributed by atoms with E-state index in [1.807, 2.05) is 0 Å². The number of aliphatic hydroxyl groups is 1. The number of hydrogen-bond acceptors (Lipinski definition) is 7. The summed E-state index contributed by atoms with van der Waals surface area (Å²) in [5, 5.41) is 14.7. The number of alkyl carbamates (subject to hydrolysis) is 1. The molecule has 0 unspecified atom stereocenters. The molecule has 2 amide bonds. The van der Waals surface area contributed by atoms with E-state index in [1.54, 1.807) is 27.7 Å². The number of ether oxygens (including phenoxy) is 2. The molecule has 1 aliphatic rings. The van der Waals surface area contributed by atoms with Crippen molar-refractivity contribution in [2.75, 3.05) is 6.61 Å². The van der Waals surface area contributed by atoms with E-state index in [0.29, 0.717) is 5.56 Å². The molecule has 162 valence electrons. The zero-order valence-electron chi connectivity index (χ0n) is 17.1. The Kier molecular flexibility index (Phi) is 6.85. The van der Waals surface area contributed by atoms with Crippen molar-refractivity contribution >= 4 is 12.0 Å². The third-order valence-electron chi connectivity index (χ3n) is 4.33. The highest BCUT2D eigenvalue weighted by Crippen LogP contribution is 2.27. The molecule has 11 nitrogen and oxygen atoms in total. The molecule has 2 rings (SSSR count). The summed E-state index contributed by atoms with van der Waals surface area (Å²) >= 11 is 0. The number of amides is 2. The highest BCUT2D eigenvalue weighted by atomic mass is 16.6. The minimum Gasteiger partial charge on any atom is -0.444 e. The quantitative estimate of drug-likeness (QED) is 0.510. The van der Waals surface area contributed by atoms with Gasteiger partial charge < -0.3 is 25.2 Å². The van der Waals surface area contributed by atoms with Gasteiger partial charge in [-0.3, -0.25) is 19.1 Å². The van der Waals surface area contributed by atoms with E-state index < -0.39 is 53.3 Å². The molecular weight excluding hydrogens is 384 g/mol. The lowest BCUT2D eigenvalue weighted by molar-refractivity contribution is -0.124. The van der Waals surface area contributed by atoms with E-state index in [4.69, 9.17) is 9.47 Å². The van der Waals surface area contributed by atoms with Crippen LogP contribution in [0.3, 0.4) is 0 Å². The van der Waals surface area contributed by atoms with Crippen LogP contribution in [0.1, 0.15) is 45.9 Å². The molecule has 0 bridgehead atoms. The lowest BCUT2D eigenvalue weighted by atomic mass is 10.1. The molecular formula is C18H28N4O7. The van der Waals surface area contributed by atoms with Crippen LogP contribution in [0.25, 0.3) is 0 Å². The summed E-state index contributed by atoms with van der Waals surface area (Å²) in [7, 11) is 0. The van der Waals surface area contributed by atoms with Crippen LogP contribution in [0.2, 0.25) is 0 Å². The van der Waals surface area contributed by atoms with Crippen LogP contribution in [0.5, 0.6) is 0 Å². The van der Waals surface area contributed by atoms with Gasteiger partial charge >= 0.3 is 11.8 Å². The first-order valence-electron chi connectivity index (χ1n) is 9.29. The van der Waals surface area contributed by atoms with E-state index in [9.17, 15) is 24.3 Å². The number of aromatic amines is 1. The standard InChI is InChI=1S/C18H28N4O7/c1-9-7-22(16(26)21-14(9)24)13-6-11(12(8-23)28-13)20-15(25)10(2)19-17(27)29-18(3,4)5/h7,10-13,23H,6,8H2,1-5H3,(H,19,27)(H,20,25)(H,21,24,26)/t10-,11-,12+,13+/m0/s1. The Bertz CT molecular complexity index is 870. The first-order chi connectivity index (χ1) is 13.4. The second kappa shape index (κ2) is 8.78. The number of nitrogens with zero attached hydrogens (tertiary/aromatic N) is 1. The van der Waals surface area contributed by atoms with E-state index in [0.717, 1.165) is 0 Å². The lowest BCUT2D eigenvalue weighted by Crippen LogP contribution is -2.51.